The minimum absolute atomic E-state index is 0.0555. The Balaban J connectivity index is 1.62. The highest BCUT2D eigenvalue weighted by Crippen LogP contribution is 2.25. The Bertz CT molecular complexity index is 275. The van der Waals surface area contributed by atoms with E-state index < -0.39 is 0 Å². The lowest BCUT2D eigenvalue weighted by molar-refractivity contribution is -0.0167. The molecule has 0 spiro atoms. The lowest BCUT2D eigenvalue weighted by Crippen LogP contribution is -2.51. The van der Waals surface area contributed by atoms with E-state index in [1.165, 1.54) is 32.2 Å². The molecule has 2 atom stereocenters. The summed E-state index contributed by atoms with van der Waals surface area (Å²) in [5, 5.41) is 0. The van der Waals surface area contributed by atoms with Gasteiger partial charge >= 0.3 is 0 Å². The molecule has 0 aromatic heterocycles. The molecule has 2 aliphatic heterocycles. The summed E-state index contributed by atoms with van der Waals surface area (Å²) in [7, 11) is 0. The van der Waals surface area contributed by atoms with Gasteiger partial charge in [0.2, 0.25) is 0 Å². The van der Waals surface area contributed by atoms with Gasteiger partial charge in [-0.15, -0.1) is 0 Å². The molecular formula is C11H19N3O. The van der Waals surface area contributed by atoms with E-state index in [0.717, 1.165) is 19.0 Å². The third kappa shape index (κ3) is 2.01. The summed E-state index contributed by atoms with van der Waals surface area (Å²) >= 11 is 0. The Kier molecular flexibility index (Phi) is 2.41. The monoisotopic (exact) mass is 209 g/mol. The summed E-state index contributed by atoms with van der Waals surface area (Å²) in [6.07, 6.45) is 5.06. The number of hydrogen-bond donors (Lipinski definition) is 1. The van der Waals surface area contributed by atoms with Crippen LogP contribution >= 0.6 is 0 Å². The minimum atomic E-state index is 0.0555. The zero-order valence-electron chi connectivity index (χ0n) is 9.06. The summed E-state index contributed by atoms with van der Waals surface area (Å²) < 4.78 is 5.78. The third-order valence-electron chi connectivity index (χ3n) is 3.60. The molecule has 3 rings (SSSR count). The van der Waals surface area contributed by atoms with E-state index in [-0.39, 0.29) is 6.10 Å². The van der Waals surface area contributed by atoms with Crippen LogP contribution in [0.25, 0.3) is 0 Å². The lowest BCUT2D eigenvalue weighted by atomic mass is 10.2. The van der Waals surface area contributed by atoms with Crippen molar-refractivity contribution >= 4 is 5.84 Å². The Hall–Kier alpha value is -0.610. The first-order chi connectivity index (χ1) is 7.33. The van der Waals surface area contributed by atoms with Crippen molar-refractivity contribution < 1.29 is 4.74 Å². The smallest absolute Gasteiger partial charge is 0.127 e. The van der Waals surface area contributed by atoms with Gasteiger partial charge in [0.1, 0.15) is 11.9 Å². The molecule has 84 valence electrons. The molecule has 4 nitrogen and oxygen atoms in total. The Morgan fingerprint density at radius 1 is 1.33 bits per heavy atom. The van der Waals surface area contributed by atoms with Crippen LogP contribution in [0.15, 0.2) is 4.99 Å². The number of fused-ring (bicyclic) bond motifs is 1. The molecule has 2 heterocycles. The van der Waals surface area contributed by atoms with Crippen molar-refractivity contribution in [3.05, 3.63) is 0 Å². The van der Waals surface area contributed by atoms with Gasteiger partial charge in [-0.3, -0.25) is 9.89 Å². The van der Waals surface area contributed by atoms with Gasteiger partial charge in [0.05, 0.1) is 12.6 Å². The molecule has 0 aromatic carbocycles. The van der Waals surface area contributed by atoms with E-state index in [2.05, 4.69) is 9.89 Å². The predicted octanol–water partition coefficient (Wildman–Crippen LogP) is 0.369. The standard InChI is InChI=1S/C11H19N3O/c12-11(13-8-3-4-8)10-6-14-5-1-2-9(14)7-15-10/h8-10H,1-7H2,(H2,12,13). The zero-order valence-corrected chi connectivity index (χ0v) is 9.06. The second-order valence-electron chi connectivity index (χ2n) is 4.90. The molecule has 15 heavy (non-hydrogen) atoms. The maximum atomic E-state index is 5.97. The number of aliphatic imine (C=N–C) groups is 1. The average Bonchev–Trinajstić information content (AvgIpc) is 2.94. The molecular weight excluding hydrogens is 190 g/mol. The van der Waals surface area contributed by atoms with Crippen LogP contribution in [0.2, 0.25) is 0 Å². The maximum absolute atomic E-state index is 5.97. The molecule has 2 unspecified atom stereocenters. The van der Waals surface area contributed by atoms with E-state index in [0.29, 0.717) is 12.1 Å². The molecule has 0 bridgehead atoms. The third-order valence-corrected chi connectivity index (χ3v) is 3.60. The van der Waals surface area contributed by atoms with E-state index in [4.69, 9.17) is 10.5 Å². The molecule has 0 aromatic rings. The van der Waals surface area contributed by atoms with E-state index in [1.54, 1.807) is 0 Å². The van der Waals surface area contributed by atoms with Gasteiger partial charge in [0.15, 0.2) is 0 Å². The number of ether oxygens (including phenoxy) is 1. The van der Waals surface area contributed by atoms with Crippen molar-refractivity contribution in [3.63, 3.8) is 0 Å². The Morgan fingerprint density at radius 2 is 2.20 bits per heavy atom. The van der Waals surface area contributed by atoms with Crippen molar-refractivity contribution in [2.75, 3.05) is 19.7 Å². The molecule has 0 radical (unpaired) electrons. The number of hydrogen-bond acceptors (Lipinski definition) is 3. The zero-order chi connectivity index (χ0) is 10.3. The van der Waals surface area contributed by atoms with Crippen molar-refractivity contribution in [2.45, 2.75) is 43.9 Å². The highest BCUT2D eigenvalue weighted by atomic mass is 16.5. The molecule has 3 fully saturated rings. The fraction of sp³-hybridized carbons (Fsp3) is 0.909. The first kappa shape index (κ1) is 9.60. The van der Waals surface area contributed by atoms with Crippen LogP contribution in [-0.4, -0.2) is 48.6 Å². The van der Waals surface area contributed by atoms with Crippen molar-refractivity contribution in [1.82, 2.24) is 4.90 Å². The van der Waals surface area contributed by atoms with Crippen LogP contribution in [0.1, 0.15) is 25.7 Å². The molecule has 2 saturated heterocycles. The largest absolute Gasteiger partial charge is 0.385 e. The van der Waals surface area contributed by atoms with Gasteiger partial charge in [-0.05, 0) is 32.2 Å². The van der Waals surface area contributed by atoms with Crippen molar-refractivity contribution in [3.8, 4) is 0 Å². The molecule has 3 aliphatic rings. The highest BCUT2D eigenvalue weighted by Gasteiger charge is 2.34. The lowest BCUT2D eigenvalue weighted by Gasteiger charge is -2.34. The van der Waals surface area contributed by atoms with E-state index in [1.807, 2.05) is 0 Å². The number of rotatable bonds is 2. The topological polar surface area (TPSA) is 50.8 Å². The number of nitrogens with zero attached hydrogens (tertiary/aromatic N) is 2. The van der Waals surface area contributed by atoms with Crippen LogP contribution in [0.5, 0.6) is 0 Å². The predicted molar refractivity (Wildman–Crippen MR) is 59.0 cm³/mol. The minimum Gasteiger partial charge on any atom is -0.385 e. The normalized spacial score (nSPS) is 38.0. The first-order valence-electron chi connectivity index (χ1n) is 6.02. The number of amidine groups is 1. The number of nitrogens with two attached hydrogens (primary N) is 1. The Labute approximate surface area is 90.5 Å². The van der Waals surface area contributed by atoms with Crippen LogP contribution < -0.4 is 5.73 Å². The average molecular weight is 209 g/mol. The van der Waals surface area contributed by atoms with Crippen LogP contribution in [0.4, 0.5) is 0 Å². The molecule has 1 aliphatic carbocycles. The van der Waals surface area contributed by atoms with Gasteiger partial charge in [-0.2, -0.15) is 0 Å². The quantitative estimate of drug-likeness (QED) is 0.528. The fourth-order valence-electron chi connectivity index (χ4n) is 2.49. The molecule has 4 heteroatoms. The first-order valence-corrected chi connectivity index (χ1v) is 6.02. The maximum Gasteiger partial charge on any atom is 0.127 e. The van der Waals surface area contributed by atoms with Crippen molar-refractivity contribution in [2.24, 2.45) is 10.7 Å². The molecule has 0 amide bonds. The summed E-state index contributed by atoms with van der Waals surface area (Å²) in [4.78, 5) is 6.97. The van der Waals surface area contributed by atoms with Gasteiger partial charge in [-0.1, -0.05) is 0 Å². The van der Waals surface area contributed by atoms with Crippen LogP contribution in [0.3, 0.4) is 0 Å². The number of morpholine rings is 1. The van der Waals surface area contributed by atoms with Crippen LogP contribution in [0, 0.1) is 0 Å². The van der Waals surface area contributed by atoms with Gasteiger partial charge in [0, 0.05) is 12.6 Å². The van der Waals surface area contributed by atoms with Crippen LogP contribution in [-0.2, 0) is 4.74 Å². The second kappa shape index (κ2) is 3.76. The highest BCUT2D eigenvalue weighted by molar-refractivity contribution is 5.85. The van der Waals surface area contributed by atoms with Crippen molar-refractivity contribution in [1.29, 1.82) is 0 Å². The summed E-state index contributed by atoms with van der Waals surface area (Å²) in [5.41, 5.74) is 5.97. The summed E-state index contributed by atoms with van der Waals surface area (Å²) in [6.45, 7) is 3.00. The summed E-state index contributed by atoms with van der Waals surface area (Å²) in [6, 6.07) is 1.15. The fourth-order valence-corrected chi connectivity index (χ4v) is 2.49. The van der Waals surface area contributed by atoms with Gasteiger partial charge in [0.25, 0.3) is 0 Å². The molecule has 1 saturated carbocycles. The summed E-state index contributed by atoms with van der Waals surface area (Å²) in [5.74, 6) is 0.725. The SMILES string of the molecule is NC(=NC1CC1)C1CN2CCCC2CO1. The molecule has 2 N–H and O–H groups in total. The van der Waals surface area contributed by atoms with E-state index >= 15 is 0 Å². The van der Waals surface area contributed by atoms with E-state index in [9.17, 15) is 0 Å². The van der Waals surface area contributed by atoms with Gasteiger partial charge in [-0.25, -0.2) is 0 Å². The van der Waals surface area contributed by atoms with Gasteiger partial charge < -0.3 is 10.5 Å². The Morgan fingerprint density at radius 3 is 3.00 bits per heavy atom. The second-order valence-corrected chi connectivity index (χ2v) is 4.90.